The zero-order chi connectivity index (χ0) is 5.86. The van der Waals surface area contributed by atoms with E-state index in [4.69, 9.17) is 0 Å². The van der Waals surface area contributed by atoms with Crippen LogP contribution in [-0.2, 0) is 9.63 Å². The lowest BCUT2D eigenvalue weighted by atomic mass is 10.7. The molecule has 0 aromatic rings. The number of carbonyl (C=O) groups excluding carboxylic acids is 1. The molecule has 1 amide bonds. The van der Waals surface area contributed by atoms with Gasteiger partial charge >= 0.3 is 0 Å². The number of hydrogen-bond donors (Lipinski definition) is 0. The van der Waals surface area contributed by atoms with E-state index in [2.05, 4.69) is 11.9 Å². The van der Waals surface area contributed by atoms with Crippen molar-refractivity contribution in [2.45, 2.75) is 6.92 Å². The van der Waals surface area contributed by atoms with E-state index in [1.807, 2.05) is 0 Å². The van der Waals surface area contributed by atoms with Crippen molar-refractivity contribution in [1.29, 1.82) is 0 Å². The molecule has 0 heterocycles. The highest BCUT2D eigenvalue weighted by Crippen LogP contribution is 1.81. The molecule has 0 aliphatic heterocycles. The first-order valence-electron chi connectivity index (χ1n) is 1.83. The Morgan fingerprint density at radius 1 is 1.86 bits per heavy atom. The molecule has 0 bridgehead atoms. The first kappa shape index (κ1) is 6.43. The van der Waals surface area contributed by atoms with Crippen molar-refractivity contribution in [3.05, 3.63) is 7.05 Å². The van der Waals surface area contributed by atoms with E-state index in [9.17, 15) is 4.79 Å². The summed E-state index contributed by atoms with van der Waals surface area (Å²) in [4.78, 5) is 14.5. The summed E-state index contributed by atoms with van der Waals surface area (Å²) < 4.78 is 0. The van der Waals surface area contributed by atoms with E-state index in [1.54, 1.807) is 0 Å². The van der Waals surface area contributed by atoms with Crippen molar-refractivity contribution in [1.82, 2.24) is 5.06 Å². The van der Waals surface area contributed by atoms with Crippen LogP contribution in [0.1, 0.15) is 6.92 Å². The van der Waals surface area contributed by atoms with Crippen molar-refractivity contribution >= 4 is 5.91 Å². The summed E-state index contributed by atoms with van der Waals surface area (Å²) in [5, 5.41) is 0.903. The third-order valence-corrected chi connectivity index (χ3v) is 0.572. The van der Waals surface area contributed by atoms with E-state index in [0.717, 1.165) is 5.06 Å². The molecule has 0 spiro atoms. The van der Waals surface area contributed by atoms with Gasteiger partial charge in [-0.15, -0.1) is 0 Å². The Hall–Kier alpha value is -0.570. The highest BCUT2D eigenvalue weighted by Gasteiger charge is 1.95. The molecule has 0 N–H and O–H groups in total. The summed E-state index contributed by atoms with van der Waals surface area (Å²) in [6, 6.07) is 0. The zero-order valence-electron chi connectivity index (χ0n) is 4.47. The fraction of sp³-hybridized carbons (Fsp3) is 0.500. The molecule has 0 aliphatic rings. The normalized spacial score (nSPS) is 8.43. The Balaban J connectivity index is 3.34. The summed E-state index contributed by atoms with van der Waals surface area (Å²) in [6.07, 6.45) is 0. The van der Waals surface area contributed by atoms with Crippen LogP contribution in [0.25, 0.3) is 0 Å². The van der Waals surface area contributed by atoms with Gasteiger partial charge in [-0.25, -0.2) is 5.06 Å². The van der Waals surface area contributed by atoms with Gasteiger partial charge in [0.15, 0.2) is 0 Å². The standard InChI is InChI=1S/C4H8NO2/c1-4(6)5(2)7-3/h2H2,1,3H3. The lowest BCUT2D eigenvalue weighted by Crippen LogP contribution is -2.19. The number of rotatable bonds is 1. The average Bonchev–Trinajstić information content (AvgIpc) is 1.65. The van der Waals surface area contributed by atoms with Crippen LogP contribution < -0.4 is 0 Å². The molecule has 0 rings (SSSR count). The van der Waals surface area contributed by atoms with E-state index in [-0.39, 0.29) is 5.91 Å². The summed E-state index contributed by atoms with van der Waals surface area (Å²) in [5.41, 5.74) is 0. The molecule has 0 aromatic carbocycles. The minimum Gasteiger partial charge on any atom is -0.274 e. The van der Waals surface area contributed by atoms with Crippen LogP contribution in [0.15, 0.2) is 0 Å². The molecule has 41 valence electrons. The van der Waals surface area contributed by atoms with Crippen molar-refractivity contribution in [2.24, 2.45) is 0 Å². The first-order chi connectivity index (χ1) is 3.18. The van der Waals surface area contributed by atoms with Gasteiger partial charge in [0.2, 0.25) is 5.91 Å². The molecule has 1 radical (unpaired) electrons. The SMILES string of the molecule is [CH2]N(OC)C(C)=O. The van der Waals surface area contributed by atoms with Crippen LogP contribution >= 0.6 is 0 Å². The molecule has 3 heteroatoms. The van der Waals surface area contributed by atoms with Gasteiger partial charge in [-0.05, 0) is 0 Å². The Bertz CT molecular complexity index is 72.1. The monoisotopic (exact) mass is 102 g/mol. The van der Waals surface area contributed by atoms with E-state index >= 15 is 0 Å². The van der Waals surface area contributed by atoms with Gasteiger partial charge in [0.1, 0.15) is 0 Å². The number of nitrogens with zero attached hydrogens (tertiary/aromatic N) is 1. The van der Waals surface area contributed by atoms with Gasteiger partial charge in [0, 0.05) is 6.92 Å². The Labute approximate surface area is 42.8 Å². The van der Waals surface area contributed by atoms with Gasteiger partial charge in [-0.3, -0.25) is 9.63 Å². The van der Waals surface area contributed by atoms with Gasteiger partial charge in [-0.2, -0.15) is 0 Å². The highest BCUT2D eigenvalue weighted by atomic mass is 16.7. The number of hydroxylamine groups is 2. The largest absolute Gasteiger partial charge is 0.274 e. The summed E-state index contributed by atoms with van der Waals surface area (Å²) >= 11 is 0. The minimum atomic E-state index is -0.206. The van der Waals surface area contributed by atoms with Gasteiger partial charge in [0.05, 0.1) is 14.2 Å². The highest BCUT2D eigenvalue weighted by molar-refractivity contribution is 5.72. The molecule has 3 nitrogen and oxygen atoms in total. The number of carbonyl (C=O) groups is 1. The van der Waals surface area contributed by atoms with Crippen LogP contribution in [0.5, 0.6) is 0 Å². The molecule has 0 atom stereocenters. The lowest BCUT2D eigenvalue weighted by molar-refractivity contribution is -0.160. The van der Waals surface area contributed by atoms with Gasteiger partial charge in [0.25, 0.3) is 0 Å². The van der Waals surface area contributed by atoms with Crippen LogP contribution in [0.4, 0.5) is 0 Å². The fourth-order valence-corrected chi connectivity index (χ4v) is 0.129. The predicted octanol–water partition coefficient (Wildman–Crippen LogP) is 0.188. The molecule has 0 aromatic heterocycles. The van der Waals surface area contributed by atoms with Crippen molar-refractivity contribution in [2.75, 3.05) is 7.11 Å². The quantitative estimate of drug-likeness (QED) is 0.442. The Kier molecular flexibility index (Phi) is 2.37. The van der Waals surface area contributed by atoms with Gasteiger partial charge in [-0.1, -0.05) is 0 Å². The first-order valence-corrected chi connectivity index (χ1v) is 1.83. The van der Waals surface area contributed by atoms with Crippen molar-refractivity contribution in [3.63, 3.8) is 0 Å². The van der Waals surface area contributed by atoms with E-state index in [1.165, 1.54) is 14.0 Å². The Morgan fingerprint density at radius 2 is 2.29 bits per heavy atom. The maximum Gasteiger partial charge on any atom is 0.243 e. The summed E-state index contributed by atoms with van der Waals surface area (Å²) in [6.45, 7) is 1.37. The molecule has 0 saturated heterocycles. The Morgan fingerprint density at radius 3 is 2.29 bits per heavy atom. The van der Waals surface area contributed by atoms with E-state index in [0.29, 0.717) is 0 Å². The lowest BCUT2D eigenvalue weighted by Gasteiger charge is -2.07. The molecular formula is C4H8NO2. The van der Waals surface area contributed by atoms with Crippen LogP contribution in [0, 0.1) is 7.05 Å². The second kappa shape index (κ2) is 2.58. The number of hydrogen-bond acceptors (Lipinski definition) is 2. The summed E-state index contributed by atoms with van der Waals surface area (Å²) in [5.74, 6) is -0.206. The predicted molar refractivity (Wildman–Crippen MR) is 24.9 cm³/mol. The van der Waals surface area contributed by atoms with Crippen molar-refractivity contribution < 1.29 is 9.63 Å². The van der Waals surface area contributed by atoms with Crippen molar-refractivity contribution in [3.8, 4) is 0 Å². The maximum absolute atomic E-state index is 10.1. The third-order valence-electron chi connectivity index (χ3n) is 0.572. The second-order valence-electron chi connectivity index (χ2n) is 1.08. The van der Waals surface area contributed by atoms with E-state index < -0.39 is 0 Å². The van der Waals surface area contributed by atoms with Gasteiger partial charge < -0.3 is 0 Å². The molecule has 7 heavy (non-hydrogen) atoms. The molecular weight excluding hydrogens is 94.0 g/mol. The second-order valence-corrected chi connectivity index (χ2v) is 1.08. The average molecular weight is 102 g/mol. The molecule has 0 aliphatic carbocycles. The fourth-order valence-electron chi connectivity index (χ4n) is 0.129. The topological polar surface area (TPSA) is 29.5 Å². The van der Waals surface area contributed by atoms with Crippen LogP contribution in [0.3, 0.4) is 0 Å². The van der Waals surface area contributed by atoms with Crippen LogP contribution in [-0.4, -0.2) is 18.1 Å². The molecule has 0 unspecified atom stereocenters. The molecule has 0 fully saturated rings. The third kappa shape index (κ3) is 2.17. The zero-order valence-corrected chi connectivity index (χ0v) is 4.47. The summed E-state index contributed by atoms with van der Waals surface area (Å²) in [7, 11) is 4.60. The minimum absolute atomic E-state index is 0.206. The number of amides is 1. The smallest absolute Gasteiger partial charge is 0.243 e. The maximum atomic E-state index is 10.1. The van der Waals surface area contributed by atoms with Crippen LogP contribution in [0.2, 0.25) is 0 Å². The molecule has 0 saturated carbocycles.